The second kappa shape index (κ2) is 4.52. The molecular weight excluding hydrogens is 296 g/mol. The lowest BCUT2D eigenvalue weighted by Gasteiger charge is -2.12. The van der Waals surface area contributed by atoms with Crippen LogP contribution in [0.2, 0.25) is 0 Å². The van der Waals surface area contributed by atoms with Crippen molar-refractivity contribution in [2.45, 2.75) is 4.90 Å². The van der Waals surface area contributed by atoms with Crippen LogP contribution in [0.5, 0.6) is 0 Å². The van der Waals surface area contributed by atoms with Crippen molar-refractivity contribution < 1.29 is 13.2 Å². The van der Waals surface area contributed by atoms with Gasteiger partial charge in [0.05, 0.1) is 10.5 Å². The smallest absolute Gasteiger partial charge is 0.254 e. The molecule has 0 aliphatic heterocycles. The molecule has 0 saturated heterocycles. The zero-order valence-electron chi connectivity index (χ0n) is 8.77. The molecule has 16 heavy (non-hydrogen) atoms. The first kappa shape index (κ1) is 13.1. The van der Waals surface area contributed by atoms with E-state index in [0.29, 0.717) is 4.47 Å². The summed E-state index contributed by atoms with van der Waals surface area (Å²) in [6.07, 6.45) is 0. The predicted octanol–water partition coefficient (Wildman–Crippen LogP) is 0.798. The number of amides is 1. The number of sulfonamides is 1. The summed E-state index contributed by atoms with van der Waals surface area (Å²) in [7, 11) is -0.629. The maximum atomic E-state index is 11.7. The number of benzene rings is 1. The Labute approximate surface area is 102 Å². The summed E-state index contributed by atoms with van der Waals surface area (Å²) in [4.78, 5) is 13.0. The van der Waals surface area contributed by atoms with Crippen LogP contribution in [-0.2, 0) is 10.0 Å². The fourth-order valence-corrected chi connectivity index (χ4v) is 2.04. The molecule has 0 aliphatic rings. The van der Waals surface area contributed by atoms with Gasteiger partial charge in [0.1, 0.15) is 0 Å². The van der Waals surface area contributed by atoms with Crippen LogP contribution in [0.15, 0.2) is 27.6 Å². The monoisotopic (exact) mass is 306 g/mol. The lowest BCUT2D eigenvalue weighted by atomic mass is 10.2. The van der Waals surface area contributed by atoms with E-state index in [-0.39, 0.29) is 16.4 Å². The minimum Gasteiger partial charge on any atom is -0.345 e. The van der Waals surface area contributed by atoms with Gasteiger partial charge in [-0.15, -0.1) is 0 Å². The summed E-state index contributed by atoms with van der Waals surface area (Å²) in [5, 5.41) is 4.98. The van der Waals surface area contributed by atoms with Crippen molar-refractivity contribution in [2.75, 3.05) is 14.1 Å². The van der Waals surface area contributed by atoms with E-state index in [0.717, 1.165) is 0 Å². The molecule has 5 nitrogen and oxygen atoms in total. The number of carbonyl (C=O) groups excluding carboxylic acids is 1. The minimum atomic E-state index is -3.79. The number of nitrogens with zero attached hydrogens (tertiary/aromatic N) is 1. The van der Waals surface area contributed by atoms with Crippen LogP contribution >= 0.6 is 15.9 Å². The standard InChI is InChI=1S/C9H11BrN2O3S/c1-12(2)9(13)7-5-6(16(11,14)15)3-4-8(7)10/h3-5H,1-2H3,(H2,11,14,15). The first-order chi connectivity index (χ1) is 7.23. The Morgan fingerprint density at radius 3 is 2.38 bits per heavy atom. The molecule has 0 radical (unpaired) electrons. The quantitative estimate of drug-likeness (QED) is 0.877. The summed E-state index contributed by atoms with van der Waals surface area (Å²) in [5.74, 6) is -0.294. The molecule has 2 N–H and O–H groups in total. The second-order valence-electron chi connectivity index (χ2n) is 3.39. The van der Waals surface area contributed by atoms with Crippen molar-refractivity contribution in [3.05, 3.63) is 28.2 Å². The Morgan fingerprint density at radius 2 is 1.94 bits per heavy atom. The van der Waals surface area contributed by atoms with Crippen molar-refractivity contribution >= 4 is 31.9 Å². The molecular formula is C9H11BrN2O3S. The average Bonchev–Trinajstić information content (AvgIpc) is 2.15. The van der Waals surface area contributed by atoms with E-state index >= 15 is 0 Å². The normalized spacial score (nSPS) is 11.2. The van der Waals surface area contributed by atoms with Crippen molar-refractivity contribution in [1.29, 1.82) is 0 Å². The maximum absolute atomic E-state index is 11.7. The molecule has 1 amide bonds. The highest BCUT2D eigenvalue weighted by molar-refractivity contribution is 9.10. The summed E-state index contributed by atoms with van der Waals surface area (Å²) in [6.45, 7) is 0. The van der Waals surface area contributed by atoms with E-state index in [1.54, 1.807) is 14.1 Å². The molecule has 0 aromatic heterocycles. The van der Waals surface area contributed by atoms with E-state index in [1.165, 1.54) is 23.1 Å². The molecule has 1 rings (SSSR count). The largest absolute Gasteiger partial charge is 0.345 e. The summed E-state index contributed by atoms with van der Waals surface area (Å²) < 4.78 is 22.8. The molecule has 1 aromatic rings. The Bertz CT molecular complexity index is 526. The van der Waals surface area contributed by atoms with Crippen LogP contribution in [0.4, 0.5) is 0 Å². The molecule has 0 saturated carbocycles. The SMILES string of the molecule is CN(C)C(=O)c1cc(S(N)(=O)=O)ccc1Br. The van der Waals surface area contributed by atoms with Gasteiger partial charge in [-0.2, -0.15) is 0 Å². The third-order valence-corrected chi connectivity index (χ3v) is 3.51. The summed E-state index contributed by atoms with van der Waals surface area (Å²) >= 11 is 3.18. The Morgan fingerprint density at radius 1 is 1.38 bits per heavy atom. The Hall–Kier alpha value is -0.920. The van der Waals surface area contributed by atoms with Crippen molar-refractivity contribution in [2.24, 2.45) is 5.14 Å². The highest BCUT2D eigenvalue weighted by Gasteiger charge is 2.16. The van der Waals surface area contributed by atoms with Gasteiger partial charge in [0.15, 0.2) is 0 Å². The van der Waals surface area contributed by atoms with Crippen LogP contribution in [0.1, 0.15) is 10.4 Å². The summed E-state index contributed by atoms with van der Waals surface area (Å²) in [6, 6.07) is 4.07. The zero-order valence-corrected chi connectivity index (χ0v) is 11.2. The number of rotatable bonds is 2. The molecule has 0 heterocycles. The minimum absolute atomic E-state index is 0.0825. The number of primary sulfonamides is 1. The van der Waals surface area contributed by atoms with E-state index in [4.69, 9.17) is 5.14 Å². The van der Waals surface area contributed by atoms with E-state index in [9.17, 15) is 13.2 Å². The lowest BCUT2D eigenvalue weighted by molar-refractivity contribution is 0.0826. The molecule has 1 aromatic carbocycles. The number of nitrogens with two attached hydrogens (primary N) is 1. The molecule has 7 heteroatoms. The average molecular weight is 307 g/mol. The van der Waals surface area contributed by atoms with Gasteiger partial charge >= 0.3 is 0 Å². The van der Waals surface area contributed by atoms with E-state index in [2.05, 4.69) is 15.9 Å². The van der Waals surface area contributed by atoms with Crippen LogP contribution in [-0.4, -0.2) is 33.3 Å². The van der Waals surface area contributed by atoms with Crippen LogP contribution in [0.3, 0.4) is 0 Å². The number of halogens is 1. The van der Waals surface area contributed by atoms with Crippen LogP contribution in [0, 0.1) is 0 Å². The van der Waals surface area contributed by atoms with Crippen molar-refractivity contribution in [3.8, 4) is 0 Å². The molecule has 0 spiro atoms. The molecule has 0 aliphatic carbocycles. The van der Waals surface area contributed by atoms with Gasteiger partial charge in [-0.25, -0.2) is 13.6 Å². The van der Waals surface area contributed by atoms with E-state index in [1.807, 2.05) is 0 Å². The van der Waals surface area contributed by atoms with Gasteiger partial charge in [-0.3, -0.25) is 4.79 Å². The van der Waals surface area contributed by atoms with Gasteiger partial charge in [0.25, 0.3) is 5.91 Å². The molecule has 0 fully saturated rings. The van der Waals surface area contributed by atoms with Crippen LogP contribution in [0.25, 0.3) is 0 Å². The van der Waals surface area contributed by atoms with E-state index < -0.39 is 10.0 Å². The second-order valence-corrected chi connectivity index (χ2v) is 5.80. The highest BCUT2D eigenvalue weighted by atomic mass is 79.9. The fourth-order valence-electron chi connectivity index (χ4n) is 1.09. The molecule has 0 atom stereocenters. The third kappa shape index (κ3) is 2.81. The Balaban J connectivity index is 3.36. The van der Waals surface area contributed by atoms with Crippen molar-refractivity contribution in [1.82, 2.24) is 4.90 Å². The fraction of sp³-hybridized carbons (Fsp3) is 0.222. The van der Waals surface area contributed by atoms with Crippen LogP contribution < -0.4 is 5.14 Å². The third-order valence-electron chi connectivity index (χ3n) is 1.90. The first-order valence-electron chi connectivity index (χ1n) is 4.27. The number of hydrogen-bond donors (Lipinski definition) is 1. The lowest BCUT2D eigenvalue weighted by Crippen LogP contribution is -2.23. The van der Waals surface area contributed by atoms with Gasteiger partial charge in [-0.1, -0.05) is 0 Å². The van der Waals surface area contributed by atoms with Gasteiger partial charge in [0.2, 0.25) is 10.0 Å². The van der Waals surface area contributed by atoms with Crippen molar-refractivity contribution in [3.63, 3.8) is 0 Å². The van der Waals surface area contributed by atoms with Gasteiger partial charge in [-0.05, 0) is 34.1 Å². The topological polar surface area (TPSA) is 80.5 Å². The zero-order chi connectivity index (χ0) is 12.5. The maximum Gasteiger partial charge on any atom is 0.254 e. The highest BCUT2D eigenvalue weighted by Crippen LogP contribution is 2.21. The molecule has 0 unspecified atom stereocenters. The number of hydrogen-bond acceptors (Lipinski definition) is 3. The summed E-state index contributed by atoms with van der Waals surface area (Å²) in [5.41, 5.74) is 0.261. The first-order valence-corrected chi connectivity index (χ1v) is 6.61. The molecule has 0 bridgehead atoms. The Kier molecular flexibility index (Phi) is 3.72. The van der Waals surface area contributed by atoms with Gasteiger partial charge in [0, 0.05) is 18.6 Å². The predicted molar refractivity (Wildman–Crippen MR) is 63.5 cm³/mol. The van der Waals surface area contributed by atoms with Gasteiger partial charge < -0.3 is 4.90 Å². The number of carbonyl (C=O) groups is 1. The molecule has 88 valence electrons.